The van der Waals surface area contributed by atoms with Gasteiger partial charge in [-0.3, -0.25) is 14.3 Å². The first-order valence-electron chi connectivity index (χ1n) is 13.5. The lowest BCUT2D eigenvalue weighted by molar-refractivity contribution is -0.121. The highest BCUT2D eigenvalue weighted by Crippen LogP contribution is 2.32. The molecule has 1 N–H and O–H groups in total. The quantitative estimate of drug-likeness (QED) is 0.264. The lowest BCUT2D eigenvalue weighted by Crippen LogP contribution is -2.54. The van der Waals surface area contributed by atoms with Crippen LogP contribution in [0.5, 0.6) is 11.5 Å². The molecular weight excluding hydrogens is 601 g/mol. The maximum absolute atomic E-state index is 13.2. The molecule has 2 aliphatic heterocycles. The maximum Gasteiger partial charge on any atom is 0.238 e. The zero-order valence-corrected chi connectivity index (χ0v) is 24.8. The van der Waals surface area contributed by atoms with E-state index in [1.807, 2.05) is 30.3 Å². The van der Waals surface area contributed by atoms with E-state index in [1.54, 1.807) is 35.4 Å². The van der Waals surface area contributed by atoms with Gasteiger partial charge in [-0.1, -0.05) is 46.9 Å². The summed E-state index contributed by atoms with van der Waals surface area (Å²) in [6, 6.07) is 13.1. The van der Waals surface area contributed by atoms with Gasteiger partial charge in [-0.25, -0.2) is 9.97 Å². The fourth-order valence-electron chi connectivity index (χ4n) is 5.20. The second-order valence-electron chi connectivity index (χ2n) is 10.1. The summed E-state index contributed by atoms with van der Waals surface area (Å²) in [5.41, 5.74) is 2.12. The average molecular weight is 629 g/mol. The third-order valence-electron chi connectivity index (χ3n) is 7.25. The summed E-state index contributed by atoms with van der Waals surface area (Å²) in [6.07, 6.45) is 5.99. The highest BCUT2D eigenvalue weighted by Gasteiger charge is 2.30. The molecule has 1 amide bonds. The van der Waals surface area contributed by atoms with Crippen LogP contribution in [0.4, 0.5) is 5.82 Å². The van der Waals surface area contributed by atoms with Crippen molar-refractivity contribution in [2.24, 2.45) is 0 Å². The molecular formula is C29H28Cl3N7O3. The van der Waals surface area contributed by atoms with Crippen LogP contribution in [-0.4, -0.2) is 69.3 Å². The number of carbonyl (C=O) groups is 1. The molecule has 0 spiro atoms. The van der Waals surface area contributed by atoms with Crippen molar-refractivity contribution in [2.45, 2.75) is 25.4 Å². The van der Waals surface area contributed by atoms with Crippen LogP contribution in [0, 0.1) is 0 Å². The molecule has 1 fully saturated rings. The van der Waals surface area contributed by atoms with E-state index in [9.17, 15) is 4.79 Å². The summed E-state index contributed by atoms with van der Waals surface area (Å²) < 4.78 is 12.6. The van der Waals surface area contributed by atoms with Crippen LogP contribution in [0.25, 0.3) is 5.95 Å². The second-order valence-corrected chi connectivity index (χ2v) is 11.3. The summed E-state index contributed by atoms with van der Waals surface area (Å²) in [4.78, 5) is 30.9. The molecule has 0 aliphatic carbocycles. The van der Waals surface area contributed by atoms with Gasteiger partial charge in [-0.2, -0.15) is 4.98 Å². The molecule has 0 saturated carbocycles. The molecule has 4 heterocycles. The standard InChI is InChI=1S/C29H28Cl3N7O3/c30-22-3-1-20(11-23(22)31)15-37-9-10-39(27-14-26(32)35-29(36-27)38-8-7-33-17-38)21(16-37)13-28(40)34-6-5-19-2-4-24-25(12-19)42-18-41-24/h1-4,7-8,11-12,14,17,21H,5-6,9-10,13,15-16,18H2,(H,34,40). The van der Waals surface area contributed by atoms with Gasteiger partial charge in [0, 0.05) is 57.6 Å². The molecule has 1 unspecified atom stereocenters. The van der Waals surface area contributed by atoms with Crippen LogP contribution in [0.2, 0.25) is 15.2 Å². The highest BCUT2D eigenvalue weighted by atomic mass is 35.5. The topological polar surface area (TPSA) is 97.6 Å². The first-order valence-corrected chi connectivity index (χ1v) is 14.7. The van der Waals surface area contributed by atoms with Crippen molar-refractivity contribution < 1.29 is 14.3 Å². The number of carbonyl (C=O) groups excluding carboxylic acids is 1. The Morgan fingerprint density at radius 3 is 2.67 bits per heavy atom. The fourth-order valence-corrected chi connectivity index (χ4v) is 5.69. The first kappa shape index (κ1) is 28.5. The molecule has 2 aliphatic rings. The van der Waals surface area contributed by atoms with Crippen LogP contribution in [-0.2, 0) is 17.8 Å². The monoisotopic (exact) mass is 627 g/mol. The number of piperazine rings is 1. The van der Waals surface area contributed by atoms with Gasteiger partial charge >= 0.3 is 0 Å². The lowest BCUT2D eigenvalue weighted by Gasteiger charge is -2.42. The Hall–Kier alpha value is -3.57. The number of aromatic nitrogens is 4. The van der Waals surface area contributed by atoms with Crippen molar-refractivity contribution in [3.63, 3.8) is 0 Å². The molecule has 1 saturated heterocycles. The number of hydrogen-bond donors (Lipinski definition) is 1. The number of anilines is 1. The molecule has 42 heavy (non-hydrogen) atoms. The molecule has 218 valence electrons. The number of rotatable bonds is 9. The van der Waals surface area contributed by atoms with Gasteiger partial charge in [0.2, 0.25) is 18.6 Å². The third kappa shape index (κ3) is 6.73. The zero-order chi connectivity index (χ0) is 29.1. The van der Waals surface area contributed by atoms with E-state index in [4.69, 9.17) is 49.3 Å². The van der Waals surface area contributed by atoms with Gasteiger partial charge in [0.25, 0.3) is 0 Å². The van der Waals surface area contributed by atoms with Crippen molar-refractivity contribution in [2.75, 3.05) is 37.9 Å². The number of fused-ring (bicyclic) bond motifs is 1. The van der Waals surface area contributed by atoms with Crippen LogP contribution >= 0.6 is 34.8 Å². The number of halogens is 3. The van der Waals surface area contributed by atoms with Gasteiger partial charge in [0.15, 0.2) is 11.5 Å². The smallest absolute Gasteiger partial charge is 0.238 e. The first-order chi connectivity index (χ1) is 20.4. The normalized spacial score (nSPS) is 16.5. The van der Waals surface area contributed by atoms with E-state index in [-0.39, 0.29) is 25.2 Å². The van der Waals surface area contributed by atoms with Crippen molar-refractivity contribution in [3.05, 3.63) is 87.5 Å². The summed E-state index contributed by atoms with van der Waals surface area (Å²) in [5.74, 6) is 2.51. The molecule has 0 radical (unpaired) electrons. The minimum absolute atomic E-state index is 0.0443. The van der Waals surface area contributed by atoms with Crippen molar-refractivity contribution >= 4 is 46.5 Å². The number of amides is 1. The van der Waals surface area contributed by atoms with Gasteiger partial charge in [-0.05, 0) is 41.8 Å². The van der Waals surface area contributed by atoms with Crippen LogP contribution in [0.1, 0.15) is 17.5 Å². The van der Waals surface area contributed by atoms with Crippen molar-refractivity contribution in [1.82, 2.24) is 29.7 Å². The third-order valence-corrected chi connectivity index (χ3v) is 8.18. The molecule has 10 nitrogen and oxygen atoms in total. The molecule has 2 aromatic heterocycles. The molecule has 0 bridgehead atoms. The Morgan fingerprint density at radius 1 is 0.976 bits per heavy atom. The van der Waals surface area contributed by atoms with Crippen LogP contribution in [0.15, 0.2) is 61.2 Å². The summed E-state index contributed by atoms with van der Waals surface area (Å²) in [6.45, 7) is 3.45. The molecule has 13 heteroatoms. The van der Waals surface area contributed by atoms with Gasteiger partial charge in [0.05, 0.1) is 16.1 Å². The number of nitrogens with one attached hydrogen (secondary N) is 1. The summed E-state index contributed by atoms with van der Waals surface area (Å²) in [7, 11) is 0. The predicted octanol–water partition coefficient (Wildman–Crippen LogP) is 4.79. The molecule has 1 atom stereocenters. The second kappa shape index (κ2) is 12.7. The van der Waals surface area contributed by atoms with E-state index in [0.717, 1.165) is 29.2 Å². The Balaban J connectivity index is 1.16. The van der Waals surface area contributed by atoms with Gasteiger partial charge in [-0.15, -0.1) is 0 Å². The summed E-state index contributed by atoms with van der Waals surface area (Å²) >= 11 is 18.8. The Bertz CT molecular complexity index is 1570. The van der Waals surface area contributed by atoms with Crippen LogP contribution < -0.4 is 19.7 Å². The van der Waals surface area contributed by atoms with E-state index in [2.05, 4.69) is 25.1 Å². The number of imidazole rings is 1. The number of benzene rings is 2. The van der Waals surface area contributed by atoms with E-state index in [0.29, 0.717) is 59.6 Å². The molecule has 4 aromatic rings. The number of hydrogen-bond acceptors (Lipinski definition) is 8. The van der Waals surface area contributed by atoms with Crippen molar-refractivity contribution in [3.8, 4) is 17.4 Å². The van der Waals surface area contributed by atoms with E-state index in [1.165, 1.54) is 0 Å². The lowest BCUT2D eigenvalue weighted by atomic mass is 10.1. The summed E-state index contributed by atoms with van der Waals surface area (Å²) in [5, 5.41) is 4.44. The zero-order valence-electron chi connectivity index (χ0n) is 22.5. The SMILES string of the molecule is O=C(CC1CN(Cc2ccc(Cl)c(Cl)c2)CCN1c1cc(Cl)nc(-n2ccnc2)n1)NCCc1ccc2c(c1)OCO2. The Morgan fingerprint density at radius 2 is 1.83 bits per heavy atom. The average Bonchev–Trinajstić information content (AvgIpc) is 3.67. The number of ether oxygens (including phenoxy) is 2. The highest BCUT2D eigenvalue weighted by molar-refractivity contribution is 6.42. The molecule has 6 rings (SSSR count). The largest absolute Gasteiger partial charge is 0.454 e. The van der Waals surface area contributed by atoms with E-state index < -0.39 is 0 Å². The minimum atomic E-state index is -0.159. The predicted molar refractivity (Wildman–Crippen MR) is 161 cm³/mol. The Kier molecular flexibility index (Phi) is 8.66. The minimum Gasteiger partial charge on any atom is -0.454 e. The van der Waals surface area contributed by atoms with Gasteiger partial charge < -0.3 is 19.7 Å². The van der Waals surface area contributed by atoms with Crippen molar-refractivity contribution in [1.29, 1.82) is 0 Å². The van der Waals surface area contributed by atoms with E-state index >= 15 is 0 Å². The Labute approximate surface area is 258 Å². The van der Waals surface area contributed by atoms with Gasteiger partial charge in [0.1, 0.15) is 17.3 Å². The fraction of sp³-hybridized carbons (Fsp3) is 0.310. The van der Waals surface area contributed by atoms with Crippen LogP contribution in [0.3, 0.4) is 0 Å². The molecule has 2 aromatic carbocycles. The number of nitrogens with zero attached hydrogens (tertiary/aromatic N) is 6. The maximum atomic E-state index is 13.2.